The molecule has 3 aromatic rings. The number of nitro benzene ring substituents is 1. The van der Waals surface area contributed by atoms with Gasteiger partial charge in [0, 0.05) is 12.3 Å². The SMILES string of the molecule is Cc1ccccc1N=Cc1cc(Br)c(Oc2ccc(C(F)(F)F)cc2[N+](=O)[O-])c(Br)c1. The van der Waals surface area contributed by atoms with Gasteiger partial charge >= 0.3 is 11.9 Å². The predicted octanol–water partition coefficient (Wildman–Crippen LogP) is 7.99. The highest BCUT2D eigenvalue weighted by Gasteiger charge is 2.33. The molecule has 3 aromatic carbocycles. The summed E-state index contributed by atoms with van der Waals surface area (Å²) in [7, 11) is 0. The third kappa shape index (κ3) is 5.50. The lowest BCUT2D eigenvalue weighted by atomic mass is 10.1. The molecule has 31 heavy (non-hydrogen) atoms. The van der Waals surface area contributed by atoms with Crippen LogP contribution in [0.4, 0.5) is 24.5 Å². The quantitative estimate of drug-likeness (QED) is 0.181. The summed E-state index contributed by atoms with van der Waals surface area (Å²) >= 11 is 6.67. The third-order valence-corrected chi connectivity index (χ3v) is 5.36. The Kier molecular flexibility index (Phi) is 6.80. The van der Waals surface area contributed by atoms with E-state index < -0.39 is 22.4 Å². The lowest BCUT2D eigenvalue weighted by Gasteiger charge is -2.13. The minimum atomic E-state index is -4.71. The van der Waals surface area contributed by atoms with Crippen LogP contribution < -0.4 is 4.74 Å². The number of aryl methyl sites for hydroxylation is 1. The molecule has 0 atom stereocenters. The van der Waals surface area contributed by atoms with Crippen LogP contribution in [0.15, 0.2) is 68.5 Å². The maximum atomic E-state index is 12.9. The normalized spacial score (nSPS) is 11.7. The van der Waals surface area contributed by atoms with E-state index in [2.05, 4.69) is 36.9 Å². The van der Waals surface area contributed by atoms with Crippen molar-refractivity contribution in [1.82, 2.24) is 0 Å². The van der Waals surface area contributed by atoms with Gasteiger partial charge in [0.05, 0.1) is 25.1 Å². The number of para-hydroxylation sites is 1. The van der Waals surface area contributed by atoms with Gasteiger partial charge in [0.1, 0.15) is 0 Å². The van der Waals surface area contributed by atoms with Crippen LogP contribution >= 0.6 is 31.9 Å². The highest BCUT2D eigenvalue weighted by Crippen LogP contribution is 2.42. The molecular formula is C21H13Br2F3N2O3. The van der Waals surface area contributed by atoms with E-state index in [1.54, 1.807) is 18.3 Å². The molecule has 0 bridgehead atoms. The Morgan fingerprint density at radius 3 is 2.29 bits per heavy atom. The van der Waals surface area contributed by atoms with Crippen molar-refractivity contribution in [3.63, 3.8) is 0 Å². The molecule has 160 valence electrons. The van der Waals surface area contributed by atoms with Crippen molar-refractivity contribution in [3.05, 3.63) is 90.3 Å². The van der Waals surface area contributed by atoms with Crippen LogP contribution in [0.1, 0.15) is 16.7 Å². The first-order valence-corrected chi connectivity index (χ1v) is 10.3. The van der Waals surface area contributed by atoms with Gasteiger partial charge in [0.25, 0.3) is 0 Å². The zero-order valence-electron chi connectivity index (χ0n) is 15.8. The number of hydrogen-bond donors (Lipinski definition) is 0. The molecule has 0 saturated carbocycles. The molecule has 0 saturated heterocycles. The maximum absolute atomic E-state index is 12.9. The molecule has 5 nitrogen and oxygen atoms in total. The third-order valence-electron chi connectivity index (χ3n) is 4.18. The summed E-state index contributed by atoms with van der Waals surface area (Å²) in [5.74, 6) is -0.142. The Morgan fingerprint density at radius 1 is 1.06 bits per heavy atom. The minimum absolute atomic E-state index is 0.177. The topological polar surface area (TPSA) is 64.7 Å². The molecule has 0 unspecified atom stereocenters. The van der Waals surface area contributed by atoms with Crippen molar-refractivity contribution < 1.29 is 22.8 Å². The van der Waals surface area contributed by atoms with E-state index in [0.29, 0.717) is 20.6 Å². The molecule has 3 rings (SSSR count). The zero-order valence-corrected chi connectivity index (χ0v) is 19.0. The first-order chi connectivity index (χ1) is 14.6. The highest BCUT2D eigenvalue weighted by molar-refractivity contribution is 9.11. The van der Waals surface area contributed by atoms with Gasteiger partial charge in [0.2, 0.25) is 5.75 Å². The second kappa shape index (κ2) is 9.19. The molecular weight excluding hydrogens is 545 g/mol. The lowest BCUT2D eigenvalue weighted by Crippen LogP contribution is -2.06. The van der Waals surface area contributed by atoms with E-state index in [1.165, 1.54) is 0 Å². The Balaban J connectivity index is 1.93. The summed E-state index contributed by atoms with van der Waals surface area (Å²) in [6.07, 6.45) is -3.06. The van der Waals surface area contributed by atoms with E-state index in [1.807, 2.05) is 31.2 Å². The van der Waals surface area contributed by atoms with E-state index in [-0.39, 0.29) is 11.5 Å². The standard InChI is InChI=1S/C21H13Br2F3N2O3/c1-12-4-2-3-5-17(12)27-11-13-8-15(22)20(16(23)9-13)31-19-7-6-14(21(24,25)26)10-18(19)28(29)30/h2-11H,1H3. The van der Waals surface area contributed by atoms with Crippen LogP contribution in [0.25, 0.3) is 0 Å². The second-order valence-corrected chi connectivity index (χ2v) is 8.11. The zero-order chi connectivity index (χ0) is 22.8. The van der Waals surface area contributed by atoms with Crippen molar-refractivity contribution in [1.29, 1.82) is 0 Å². The highest BCUT2D eigenvalue weighted by atomic mass is 79.9. The number of rotatable bonds is 5. The van der Waals surface area contributed by atoms with Crippen LogP contribution in [0.3, 0.4) is 0 Å². The van der Waals surface area contributed by atoms with E-state index >= 15 is 0 Å². The van der Waals surface area contributed by atoms with Crippen molar-refractivity contribution in [2.45, 2.75) is 13.1 Å². The van der Waals surface area contributed by atoms with Crippen molar-refractivity contribution >= 4 is 49.4 Å². The van der Waals surface area contributed by atoms with Crippen molar-refractivity contribution in [3.8, 4) is 11.5 Å². The molecule has 0 aromatic heterocycles. The number of aliphatic imine (C=N–C) groups is 1. The van der Waals surface area contributed by atoms with E-state index in [0.717, 1.165) is 23.4 Å². The molecule has 0 aliphatic carbocycles. The monoisotopic (exact) mass is 556 g/mol. The average molecular weight is 558 g/mol. The fraction of sp³-hybridized carbons (Fsp3) is 0.0952. The van der Waals surface area contributed by atoms with Crippen LogP contribution in [-0.4, -0.2) is 11.1 Å². The van der Waals surface area contributed by atoms with Crippen LogP contribution in [0, 0.1) is 17.0 Å². The smallest absolute Gasteiger partial charge is 0.416 e. The number of hydrogen-bond acceptors (Lipinski definition) is 4. The van der Waals surface area contributed by atoms with Gasteiger partial charge in [-0.2, -0.15) is 13.2 Å². The van der Waals surface area contributed by atoms with Crippen LogP contribution in [0.2, 0.25) is 0 Å². The van der Waals surface area contributed by atoms with Crippen LogP contribution in [0.5, 0.6) is 11.5 Å². The fourth-order valence-corrected chi connectivity index (χ4v) is 4.02. The maximum Gasteiger partial charge on any atom is 0.416 e. The molecule has 0 fully saturated rings. The summed E-state index contributed by atoms with van der Waals surface area (Å²) in [6, 6.07) is 13.0. The molecule has 0 heterocycles. The van der Waals surface area contributed by atoms with Gasteiger partial charge in [-0.05, 0) is 80.2 Å². The first kappa shape index (κ1) is 23.0. The molecule has 0 aliphatic heterocycles. The number of halogens is 5. The minimum Gasteiger partial charge on any atom is -0.448 e. The molecule has 0 amide bonds. The largest absolute Gasteiger partial charge is 0.448 e. The molecule has 0 spiro atoms. The van der Waals surface area contributed by atoms with Gasteiger partial charge in [-0.3, -0.25) is 15.1 Å². The number of alkyl halides is 3. The molecule has 0 N–H and O–H groups in total. The number of nitrogens with zero attached hydrogens (tertiary/aromatic N) is 2. The van der Waals surface area contributed by atoms with Gasteiger partial charge < -0.3 is 4.74 Å². The summed E-state index contributed by atoms with van der Waals surface area (Å²) in [6.45, 7) is 1.94. The number of nitro groups is 1. The summed E-state index contributed by atoms with van der Waals surface area (Å²) in [5.41, 5.74) is 0.587. The molecule has 0 aliphatic rings. The number of ether oxygens (including phenoxy) is 1. The first-order valence-electron chi connectivity index (χ1n) is 8.68. The van der Waals surface area contributed by atoms with Crippen LogP contribution in [-0.2, 0) is 6.18 Å². The lowest BCUT2D eigenvalue weighted by molar-refractivity contribution is -0.385. The Labute approximate surface area is 192 Å². The average Bonchev–Trinajstić information content (AvgIpc) is 2.69. The summed E-state index contributed by atoms with van der Waals surface area (Å²) in [4.78, 5) is 14.8. The second-order valence-electron chi connectivity index (χ2n) is 6.40. The summed E-state index contributed by atoms with van der Waals surface area (Å²) < 4.78 is 45.1. The van der Waals surface area contributed by atoms with Crippen molar-refractivity contribution in [2.75, 3.05) is 0 Å². The fourth-order valence-electron chi connectivity index (χ4n) is 2.64. The Hall–Kier alpha value is -2.72. The van der Waals surface area contributed by atoms with Gasteiger partial charge in [-0.15, -0.1) is 0 Å². The number of benzene rings is 3. The Morgan fingerprint density at radius 2 is 1.71 bits per heavy atom. The molecule has 0 radical (unpaired) electrons. The molecule has 10 heteroatoms. The Bertz CT molecular complexity index is 1160. The summed E-state index contributed by atoms with van der Waals surface area (Å²) in [5, 5.41) is 11.3. The predicted molar refractivity (Wildman–Crippen MR) is 118 cm³/mol. The van der Waals surface area contributed by atoms with E-state index in [4.69, 9.17) is 4.74 Å². The van der Waals surface area contributed by atoms with Gasteiger partial charge in [-0.1, -0.05) is 18.2 Å². The van der Waals surface area contributed by atoms with Gasteiger partial charge in [0.15, 0.2) is 5.75 Å². The van der Waals surface area contributed by atoms with E-state index in [9.17, 15) is 23.3 Å². The van der Waals surface area contributed by atoms with Gasteiger partial charge in [-0.25, -0.2) is 0 Å². The van der Waals surface area contributed by atoms with Crippen molar-refractivity contribution in [2.24, 2.45) is 4.99 Å².